The second kappa shape index (κ2) is 8.33. The van der Waals surface area contributed by atoms with E-state index in [1.54, 1.807) is 4.90 Å². The Bertz CT molecular complexity index is 798. The molecule has 0 unspecified atom stereocenters. The molecule has 1 atom stereocenters. The van der Waals surface area contributed by atoms with E-state index < -0.39 is 11.9 Å². The molecule has 2 aromatic rings. The Morgan fingerprint density at radius 3 is 2.70 bits per heavy atom. The molecule has 7 nitrogen and oxygen atoms in total. The van der Waals surface area contributed by atoms with Gasteiger partial charge in [-0.25, -0.2) is 0 Å². The van der Waals surface area contributed by atoms with Gasteiger partial charge in [-0.2, -0.15) is 4.98 Å². The molecule has 0 radical (unpaired) electrons. The Kier molecular flexibility index (Phi) is 5.88. The van der Waals surface area contributed by atoms with Gasteiger partial charge in [0.2, 0.25) is 17.6 Å². The number of aryl methyl sites for hydroxylation is 1. The molecule has 0 saturated carbocycles. The summed E-state index contributed by atoms with van der Waals surface area (Å²) in [4.78, 5) is 29.5. The number of carbonyl (C=O) groups is 2. The van der Waals surface area contributed by atoms with E-state index >= 15 is 0 Å². The van der Waals surface area contributed by atoms with Gasteiger partial charge in [0.15, 0.2) is 0 Å². The van der Waals surface area contributed by atoms with E-state index in [1.807, 2.05) is 12.1 Å². The highest BCUT2D eigenvalue weighted by atomic mass is 16.5. The van der Waals surface area contributed by atoms with Crippen LogP contribution < -0.4 is 0 Å². The smallest absolute Gasteiger partial charge is 0.308 e. The van der Waals surface area contributed by atoms with E-state index in [0.717, 1.165) is 12.0 Å². The molecule has 7 heteroatoms. The van der Waals surface area contributed by atoms with Crippen molar-refractivity contribution in [1.29, 1.82) is 0 Å². The first kappa shape index (κ1) is 19.1. The standard InChI is InChI=1S/C20H25N3O4/c1-13(2)14-5-7-15(8-6-14)19-21-17(27-22-19)9-10-18(24)23-11-3-4-16(12-23)20(25)26/h5-8,13,16H,3-4,9-12H2,1-2H3,(H,25,26)/t16-/m0/s1. The minimum atomic E-state index is -0.836. The summed E-state index contributed by atoms with van der Waals surface area (Å²) in [5, 5.41) is 13.1. The molecule has 0 bridgehead atoms. The molecular formula is C20H25N3O4. The molecule has 1 saturated heterocycles. The summed E-state index contributed by atoms with van der Waals surface area (Å²) >= 11 is 0. The van der Waals surface area contributed by atoms with E-state index in [1.165, 1.54) is 5.56 Å². The molecule has 1 aromatic carbocycles. The molecule has 1 aliphatic heterocycles. The number of amides is 1. The van der Waals surface area contributed by atoms with Gasteiger partial charge in [-0.3, -0.25) is 9.59 Å². The fourth-order valence-corrected chi connectivity index (χ4v) is 3.27. The van der Waals surface area contributed by atoms with Crippen LogP contribution in [0, 0.1) is 5.92 Å². The maximum Gasteiger partial charge on any atom is 0.308 e. The minimum absolute atomic E-state index is 0.0676. The van der Waals surface area contributed by atoms with Gasteiger partial charge < -0.3 is 14.5 Å². The topological polar surface area (TPSA) is 96.5 Å². The molecule has 144 valence electrons. The van der Waals surface area contributed by atoms with Crippen LogP contribution in [0.15, 0.2) is 28.8 Å². The lowest BCUT2D eigenvalue weighted by atomic mass is 9.98. The molecule has 3 rings (SSSR count). The molecule has 27 heavy (non-hydrogen) atoms. The van der Waals surface area contributed by atoms with Gasteiger partial charge in [-0.1, -0.05) is 43.3 Å². The number of aromatic nitrogens is 2. The zero-order valence-corrected chi connectivity index (χ0v) is 15.7. The lowest BCUT2D eigenvalue weighted by Gasteiger charge is -2.30. The van der Waals surface area contributed by atoms with Crippen molar-refractivity contribution in [3.8, 4) is 11.4 Å². The van der Waals surface area contributed by atoms with Crippen molar-refractivity contribution in [3.05, 3.63) is 35.7 Å². The van der Waals surface area contributed by atoms with E-state index in [4.69, 9.17) is 9.63 Å². The molecule has 1 aliphatic rings. The summed E-state index contributed by atoms with van der Waals surface area (Å²) in [6.45, 7) is 5.17. The highest BCUT2D eigenvalue weighted by molar-refractivity contribution is 5.78. The summed E-state index contributed by atoms with van der Waals surface area (Å²) in [6.07, 6.45) is 1.94. The van der Waals surface area contributed by atoms with Crippen LogP contribution in [0.3, 0.4) is 0 Å². The molecule has 0 aliphatic carbocycles. The Hall–Kier alpha value is -2.70. The average Bonchev–Trinajstić information content (AvgIpc) is 3.15. The van der Waals surface area contributed by atoms with Crippen molar-refractivity contribution in [2.45, 2.75) is 45.4 Å². The quantitative estimate of drug-likeness (QED) is 0.838. The number of likely N-dealkylation sites (tertiary alicyclic amines) is 1. The van der Waals surface area contributed by atoms with Crippen LogP contribution in [0.2, 0.25) is 0 Å². The highest BCUT2D eigenvalue weighted by Crippen LogP contribution is 2.21. The number of carboxylic acids is 1. The van der Waals surface area contributed by atoms with Crippen LogP contribution in [0.25, 0.3) is 11.4 Å². The Morgan fingerprint density at radius 2 is 2.04 bits per heavy atom. The lowest BCUT2D eigenvalue weighted by Crippen LogP contribution is -2.42. The normalized spacial score (nSPS) is 17.3. The van der Waals surface area contributed by atoms with Crippen LogP contribution >= 0.6 is 0 Å². The molecule has 1 N–H and O–H groups in total. The molecule has 0 spiro atoms. The largest absolute Gasteiger partial charge is 0.481 e. The van der Waals surface area contributed by atoms with Crippen molar-refractivity contribution in [3.63, 3.8) is 0 Å². The van der Waals surface area contributed by atoms with Gasteiger partial charge in [0.1, 0.15) is 0 Å². The van der Waals surface area contributed by atoms with Crippen molar-refractivity contribution in [2.24, 2.45) is 5.92 Å². The van der Waals surface area contributed by atoms with Gasteiger partial charge >= 0.3 is 5.97 Å². The lowest BCUT2D eigenvalue weighted by molar-refractivity contribution is -0.145. The van der Waals surface area contributed by atoms with Crippen molar-refractivity contribution < 1.29 is 19.2 Å². The fraction of sp³-hybridized carbons (Fsp3) is 0.500. The summed E-state index contributed by atoms with van der Waals surface area (Å²) < 4.78 is 5.27. The third kappa shape index (κ3) is 4.72. The van der Waals surface area contributed by atoms with E-state index in [2.05, 4.69) is 36.1 Å². The number of carbonyl (C=O) groups excluding carboxylic acids is 1. The minimum Gasteiger partial charge on any atom is -0.481 e. The number of hydrogen-bond donors (Lipinski definition) is 1. The molecular weight excluding hydrogens is 346 g/mol. The number of benzene rings is 1. The van der Waals surface area contributed by atoms with E-state index in [9.17, 15) is 9.59 Å². The van der Waals surface area contributed by atoms with Crippen LogP contribution in [-0.2, 0) is 16.0 Å². The first-order chi connectivity index (χ1) is 12.9. The van der Waals surface area contributed by atoms with Gasteiger partial charge in [-0.05, 0) is 24.3 Å². The SMILES string of the molecule is CC(C)c1ccc(-c2noc(CCC(=O)N3CCC[C@H](C(=O)O)C3)n2)cc1. The van der Waals surface area contributed by atoms with E-state index in [-0.39, 0.29) is 18.9 Å². The number of hydrogen-bond acceptors (Lipinski definition) is 5. The second-order valence-electron chi connectivity index (χ2n) is 7.31. The fourth-order valence-electron chi connectivity index (χ4n) is 3.27. The number of carboxylic acid groups (broad SMARTS) is 1. The zero-order chi connectivity index (χ0) is 19.4. The van der Waals surface area contributed by atoms with Gasteiger partial charge in [-0.15, -0.1) is 0 Å². The number of rotatable bonds is 6. The number of aliphatic carboxylic acids is 1. The molecule has 1 fully saturated rings. The summed E-state index contributed by atoms with van der Waals surface area (Å²) in [5.41, 5.74) is 2.12. The summed E-state index contributed by atoms with van der Waals surface area (Å²) in [7, 11) is 0. The predicted octanol–water partition coefficient (Wildman–Crippen LogP) is 3.12. The molecule has 2 heterocycles. The van der Waals surface area contributed by atoms with Crippen LogP contribution in [0.4, 0.5) is 0 Å². The zero-order valence-electron chi connectivity index (χ0n) is 15.7. The van der Waals surface area contributed by atoms with Crippen molar-refractivity contribution >= 4 is 11.9 Å². The number of piperidine rings is 1. The summed E-state index contributed by atoms with van der Waals surface area (Å²) in [5.74, 6) is 0.0159. The van der Waals surface area contributed by atoms with Crippen molar-refractivity contribution in [1.82, 2.24) is 15.0 Å². The third-order valence-corrected chi connectivity index (χ3v) is 4.98. The average molecular weight is 371 g/mol. The maximum atomic E-state index is 12.4. The van der Waals surface area contributed by atoms with Gasteiger partial charge in [0, 0.05) is 31.5 Å². The van der Waals surface area contributed by atoms with Crippen molar-refractivity contribution in [2.75, 3.05) is 13.1 Å². The monoisotopic (exact) mass is 371 g/mol. The van der Waals surface area contributed by atoms with Crippen LogP contribution in [0.5, 0.6) is 0 Å². The van der Waals surface area contributed by atoms with E-state index in [0.29, 0.717) is 37.0 Å². The highest BCUT2D eigenvalue weighted by Gasteiger charge is 2.28. The maximum absolute atomic E-state index is 12.4. The van der Waals surface area contributed by atoms with Crippen LogP contribution in [-0.4, -0.2) is 45.1 Å². The summed E-state index contributed by atoms with van der Waals surface area (Å²) in [6, 6.07) is 8.04. The predicted molar refractivity (Wildman–Crippen MR) is 99.1 cm³/mol. The Morgan fingerprint density at radius 1 is 1.30 bits per heavy atom. The first-order valence-corrected chi connectivity index (χ1v) is 9.37. The van der Waals surface area contributed by atoms with Gasteiger partial charge in [0.05, 0.1) is 5.92 Å². The van der Waals surface area contributed by atoms with Crippen LogP contribution in [0.1, 0.15) is 50.5 Å². The second-order valence-corrected chi connectivity index (χ2v) is 7.31. The molecule has 1 amide bonds. The number of nitrogens with zero attached hydrogens (tertiary/aromatic N) is 3. The Balaban J connectivity index is 1.56. The molecule has 1 aromatic heterocycles. The third-order valence-electron chi connectivity index (χ3n) is 4.98. The Labute approximate surface area is 158 Å². The van der Waals surface area contributed by atoms with Gasteiger partial charge in [0.25, 0.3) is 0 Å². The first-order valence-electron chi connectivity index (χ1n) is 9.37.